The predicted octanol–water partition coefficient (Wildman–Crippen LogP) is 2.43. The summed E-state index contributed by atoms with van der Waals surface area (Å²) in [7, 11) is 0. The van der Waals surface area contributed by atoms with Crippen molar-refractivity contribution in [1.82, 2.24) is 0 Å². The van der Waals surface area contributed by atoms with Crippen molar-refractivity contribution in [3.05, 3.63) is 0 Å². The zero-order valence-electron chi connectivity index (χ0n) is 15.9. The molecule has 0 aromatic rings. The number of hydrogen-bond donors (Lipinski definition) is 2. The Hall–Kier alpha value is -0.490. The molecule has 4 fully saturated rings. The second-order valence-corrected chi connectivity index (χ2v) is 9.97. The van der Waals surface area contributed by atoms with Crippen LogP contribution >= 0.6 is 0 Å². The summed E-state index contributed by atoms with van der Waals surface area (Å²) in [6, 6.07) is 0. The average Bonchev–Trinajstić information content (AvgIpc) is 3.08. The smallest absolute Gasteiger partial charge is 0.165 e. The molecule has 2 heterocycles. The summed E-state index contributed by atoms with van der Waals surface area (Å²) in [5, 5.41) is 20.7. The molecule has 7 atom stereocenters. The monoisotopic (exact) mass is 352 g/mol. The van der Waals surface area contributed by atoms with Gasteiger partial charge < -0.3 is 19.7 Å². The summed E-state index contributed by atoms with van der Waals surface area (Å²) >= 11 is 0. The lowest BCUT2D eigenvalue weighted by Crippen LogP contribution is -2.69. The first-order valence-corrected chi connectivity index (χ1v) is 9.79. The molecule has 0 bridgehead atoms. The van der Waals surface area contributed by atoms with Gasteiger partial charge in [-0.05, 0) is 31.1 Å². The van der Waals surface area contributed by atoms with E-state index in [0.29, 0.717) is 13.0 Å². The average molecular weight is 352 g/mol. The van der Waals surface area contributed by atoms with Crippen molar-refractivity contribution >= 4 is 5.78 Å². The molecule has 4 aliphatic rings. The third kappa shape index (κ3) is 2.19. The number of hydrogen-bond acceptors (Lipinski definition) is 5. The van der Waals surface area contributed by atoms with Gasteiger partial charge in [-0.1, -0.05) is 34.1 Å². The van der Waals surface area contributed by atoms with Gasteiger partial charge in [0.2, 0.25) is 0 Å². The van der Waals surface area contributed by atoms with Gasteiger partial charge in [0, 0.05) is 23.7 Å². The number of aliphatic hydroxyl groups is 2. The van der Waals surface area contributed by atoms with Crippen LogP contribution in [0.25, 0.3) is 0 Å². The highest BCUT2D eigenvalue weighted by atomic mass is 16.6. The van der Waals surface area contributed by atoms with Gasteiger partial charge in [0.25, 0.3) is 0 Å². The number of ketones is 1. The summed E-state index contributed by atoms with van der Waals surface area (Å²) in [5.41, 5.74) is -1.43. The summed E-state index contributed by atoms with van der Waals surface area (Å²) in [4.78, 5) is 13.1. The molecule has 2 aliphatic carbocycles. The van der Waals surface area contributed by atoms with E-state index in [-0.39, 0.29) is 28.4 Å². The Morgan fingerprint density at radius 3 is 2.44 bits per heavy atom. The van der Waals surface area contributed by atoms with Crippen molar-refractivity contribution in [3.63, 3.8) is 0 Å². The highest BCUT2D eigenvalue weighted by molar-refractivity contribution is 5.88. The number of carbonyl (C=O) groups excluding carboxylic acids is 1. The molecule has 7 unspecified atom stereocenters. The lowest BCUT2D eigenvalue weighted by molar-refractivity contribution is -0.255. The summed E-state index contributed by atoms with van der Waals surface area (Å²) < 4.78 is 12.2. The zero-order chi connectivity index (χ0) is 18.3. The minimum Gasteiger partial charge on any atom is -0.385 e. The van der Waals surface area contributed by atoms with Gasteiger partial charge in [0.15, 0.2) is 12.1 Å². The van der Waals surface area contributed by atoms with E-state index >= 15 is 0 Å². The van der Waals surface area contributed by atoms with E-state index in [1.165, 1.54) is 0 Å². The standard InChI is InChI=1S/C20H32O5/c1-12-14(22)15(23)16-17(2,3)6-5-7-18(16,4)20(12)9-8-19(25-20)10-13(21)24-11-19/h12-14,16,21-22H,5-11H2,1-4H3. The van der Waals surface area contributed by atoms with Crippen LogP contribution in [0.15, 0.2) is 0 Å². The molecule has 0 aromatic heterocycles. The minimum atomic E-state index is -0.974. The molecular formula is C20H32O5. The van der Waals surface area contributed by atoms with E-state index < -0.39 is 23.6 Å². The van der Waals surface area contributed by atoms with E-state index in [1.807, 2.05) is 6.92 Å². The number of rotatable bonds is 0. The Kier molecular flexibility index (Phi) is 3.78. The molecule has 2 aliphatic heterocycles. The second-order valence-electron chi connectivity index (χ2n) is 9.97. The Morgan fingerprint density at radius 1 is 1.08 bits per heavy atom. The van der Waals surface area contributed by atoms with Gasteiger partial charge >= 0.3 is 0 Å². The molecule has 2 saturated heterocycles. The number of fused-ring (bicyclic) bond motifs is 2. The molecule has 0 aromatic carbocycles. The molecule has 5 heteroatoms. The molecule has 2 spiro atoms. The number of aliphatic hydroxyl groups excluding tert-OH is 2. The van der Waals surface area contributed by atoms with Crippen LogP contribution < -0.4 is 0 Å². The minimum absolute atomic E-state index is 0.00224. The molecular weight excluding hydrogens is 320 g/mol. The summed E-state index contributed by atoms with van der Waals surface area (Å²) in [5.74, 6) is -0.438. The molecule has 25 heavy (non-hydrogen) atoms. The molecule has 4 rings (SSSR count). The Labute approximate surface area is 150 Å². The van der Waals surface area contributed by atoms with Crippen molar-refractivity contribution < 1.29 is 24.5 Å². The molecule has 5 nitrogen and oxygen atoms in total. The fraction of sp³-hybridized carbons (Fsp3) is 0.950. The van der Waals surface area contributed by atoms with Gasteiger partial charge in [-0.25, -0.2) is 0 Å². The maximum atomic E-state index is 13.1. The quantitative estimate of drug-likeness (QED) is 0.700. The van der Waals surface area contributed by atoms with Crippen LogP contribution in [0.1, 0.15) is 66.2 Å². The van der Waals surface area contributed by atoms with Crippen molar-refractivity contribution in [1.29, 1.82) is 0 Å². The number of ether oxygens (including phenoxy) is 2. The summed E-state index contributed by atoms with van der Waals surface area (Å²) in [6.45, 7) is 8.91. The SMILES string of the molecule is CC1C(O)C(=O)C2C(C)(C)CCCC2(C)C12CCC1(COC(O)C1)O2. The lowest BCUT2D eigenvalue weighted by Gasteiger charge is -2.63. The van der Waals surface area contributed by atoms with Crippen molar-refractivity contribution in [3.8, 4) is 0 Å². The van der Waals surface area contributed by atoms with Gasteiger partial charge in [-0.2, -0.15) is 0 Å². The van der Waals surface area contributed by atoms with Crippen LogP contribution in [0.5, 0.6) is 0 Å². The van der Waals surface area contributed by atoms with Crippen molar-refractivity contribution in [2.45, 2.75) is 89.8 Å². The fourth-order valence-corrected chi connectivity index (χ4v) is 6.96. The second kappa shape index (κ2) is 5.28. The molecule has 0 amide bonds. The van der Waals surface area contributed by atoms with Gasteiger partial charge in [0.05, 0.1) is 17.8 Å². The van der Waals surface area contributed by atoms with Crippen molar-refractivity contribution in [2.24, 2.45) is 22.7 Å². The fourth-order valence-electron chi connectivity index (χ4n) is 6.96. The first-order chi connectivity index (χ1) is 11.6. The van der Waals surface area contributed by atoms with Crippen LogP contribution in [0, 0.1) is 22.7 Å². The zero-order valence-corrected chi connectivity index (χ0v) is 15.9. The Bertz CT molecular complexity index is 589. The van der Waals surface area contributed by atoms with E-state index in [4.69, 9.17) is 9.47 Å². The van der Waals surface area contributed by atoms with Crippen LogP contribution in [0.3, 0.4) is 0 Å². The molecule has 2 saturated carbocycles. The first-order valence-electron chi connectivity index (χ1n) is 9.79. The number of Topliss-reactive ketones (excluding diaryl/α,β-unsaturated/α-hetero) is 1. The van der Waals surface area contributed by atoms with Gasteiger partial charge in [-0.3, -0.25) is 4.79 Å². The predicted molar refractivity (Wildman–Crippen MR) is 91.8 cm³/mol. The Balaban J connectivity index is 1.79. The molecule has 0 radical (unpaired) electrons. The lowest BCUT2D eigenvalue weighted by atomic mass is 9.43. The highest BCUT2D eigenvalue weighted by Gasteiger charge is 2.72. The van der Waals surface area contributed by atoms with E-state index in [2.05, 4.69) is 20.8 Å². The van der Waals surface area contributed by atoms with Crippen LogP contribution in [-0.2, 0) is 14.3 Å². The summed E-state index contributed by atoms with van der Waals surface area (Å²) in [6.07, 6.45) is 3.40. The van der Waals surface area contributed by atoms with Crippen LogP contribution in [0.4, 0.5) is 0 Å². The van der Waals surface area contributed by atoms with Gasteiger partial charge in [0.1, 0.15) is 6.10 Å². The van der Waals surface area contributed by atoms with E-state index in [0.717, 1.165) is 32.1 Å². The molecule has 142 valence electrons. The highest BCUT2D eigenvalue weighted by Crippen LogP contribution is 2.67. The normalized spacial score (nSPS) is 55.0. The van der Waals surface area contributed by atoms with Crippen molar-refractivity contribution in [2.75, 3.05) is 6.61 Å². The first kappa shape index (κ1) is 17.9. The number of carbonyl (C=O) groups is 1. The largest absolute Gasteiger partial charge is 0.385 e. The third-order valence-electron chi connectivity index (χ3n) is 8.12. The van der Waals surface area contributed by atoms with E-state index in [9.17, 15) is 15.0 Å². The maximum absolute atomic E-state index is 13.1. The molecule has 2 N–H and O–H groups in total. The topological polar surface area (TPSA) is 76.0 Å². The Morgan fingerprint density at radius 2 is 1.80 bits per heavy atom. The van der Waals surface area contributed by atoms with Crippen LogP contribution in [-0.4, -0.2) is 46.2 Å². The van der Waals surface area contributed by atoms with E-state index in [1.54, 1.807) is 0 Å². The van der Waals surface area contributed by atoms with Gasteiger partial charge in [-0.15, -0.1) is 0 Å². The van der Waals surface area contributed by atoms with Crippen LogP contribution in [0.2, 0.25) is 0 Å². The third-order valence-corrected chi connectivity index (χ3v) is 8.12. The maximum Gasteiger partial charge on any atom is 0.165 e.